The maximum absolute atomic E-state index is 12.1. The molecule has 76 valence electrons. The van der Waals surface area contributed by atoms with Crippen molar-refractivity contribution in [2.75, 3.05) is 6.61 Å². The van der Waals surface area contributed by atoms with Crippen molar-refractivity contribution in [2.24, 2.45) is 0 Å². The topological polar surface area (TPSA) is 31.2 Å². The fraction of sp³-hybridized carbons (Fsp3) is 0.250. The van der Waals surface area contributed by atoms with Gasteiger partial charge in [0, 0.05) is 11.5 Å². The summed E-state index contributed by atoms with van der Waals surface area (Å²) < 4.78 is 7.08. The summed E-state index contributed by atoms with van der Waals surface area (Å²) in [6.07, 6.45) is 0. The van der Waals surface area contributed by atoms with E-state index in [1.54, 1.807) is 4.57 Å². The molecule has 0 spiro atoms. The number of nitrogens with zero attached hydrogens (tertiary/aromatic N) is 1. The van der Waals surface area contributed by atoms with Crippen LogP contribution in [0.3, 0.4) is 0 Å². The van der Waals surface area contributed by atoms with Crippen LogP contribution in [0.4, 0.5) is 0 Å². The molecule has 3 heteroatoms. The van der Waals surface area contributed by atoms with E-state index in [4.69, 9.17) is 4.74 Å². The van der Waals surface area contributed by atoms with Crippen LogP contribution in [-0.4, -0.2) is 11.2 Å². The molecule has 1 aromatic heterocycles. The summed E-state index contributed by atoms with van der Waals surface area (Å²) in [5.41, 5.74) is 1.17. The van der Waals surface area contributed by atoms with Crippen molar-refractivity contribution < 1.29 is 4.74 Å². The van der Waals surface area contributed by atoms with Gasteiger partial charge in [-0.3, -0.25) is 9.36 Å². The molecule has 15 heavy (non-hydrogen) atoms. The number of pyridine rings is 1. The van der Waals surface area contributed by atoms with Crippen LogP contribution in [0.2, 0.25) is 0 Å². The molecule has 0 aliphatic carbocycles. The second kappa shape index (κ2) is 2.86. The normalized spacial score (nSPS) is 13.9. The Morgan fingerprint density at radius 2 is 2.20 bits per heavy atom. The largest absolute Gasteiger partial charge is 0.477 e. The lowest BCUT2D eigenvalue weighted by atomic mass is 10.1. The van der Waals surface area contributed by atoms with E-state index in [1.807, 2.05) is 31.2 Å². The molecule has 3 nitrogen and oxygen atoms in total. The van der Waals surface area contributed by atoms with Crippen molar-refractivity contribution in [3.8, 4) is 5.88 Å². The van der Waals surface area contributed by atoms with Gasteiger partial charge in [-0.1, -0.05) is 17.7 Å². The Kier molecular flexibility index (Phi) is 1.63. The standard InChI is InChI=1S/C12H11NO2/c1-8-2-3-9-7-11-13(4-5-15-11)12(14)10(9)6-8/h2-3,6-7H,4-5H2,1H3. The number of ether oxygens (including phenoxy) is 1. The van der Waals surface area contributed by atoms with E-state index < -0.39 is 0 Å². The Morgan fingerprint density at radius 1 is 1.33 bits per heavy atom. The third-order valence-electron chi connectivity index (χ3n) is 2.79. The zero-order valence-corrected chi connectivity index (χ0v) is 8.49. The van der Waals surface area contributed by atoms with Gasteiger partial charge in [0.25, 0.3) is 5.56 Å². The lowest BCUT2D eigenvalue weighted by Crippen LogP contribution is -2.17. The van der Waals surface area contributed by atoms with Crippen LogP contribution in [0, 0.1) is 6.92 Å². The average Bonchev–Trinajstić information content (AvgIpc) is 2.68. The van der Waals surface area contributed by atoms with E-state index >= 15 is 0 Å². The fourth-order valence-electron chi connectivity index (χ4n) is 2.01. The maximum Gasteiger partial charge on any atom is 0.261 e. The summed E-state index contributed by atoms with van der Waals surface area (Å²) in [4.78, 5) is 12.1. The summed E-state index contributed by atoms with van der Waals surface area (Å²) in [7, 11) is 0. The predicted octanol–water partition coefficient (Wildman–Crippen LogP) is 1.70. The van der Waals surface area contributed by atoms with Gasteiger partial charge in [-0.15, -0.1) is 0 Å². The van der Waals surface area contributed by atoms with E-state index in [9.17, 15) is 4.79 Å². The molecule has 1 aromatic carbocycles. The summed E-state index contributed by atoms with van der Waals surface area (Å²) in [5.74, 6) is 0.691. The quantitative estimate of drug-likeness (QED) is 0.649. The van der Waals surface area contributed by atoms with E-state index in [2.05, 4.69) is 0 Å². The number of aryl methyl sites for hydroxylation is 1. The molecule has 0 atom stereocenters. The highest BCUT2D eigenvalue weighted by molar-refractivity contribution is 5.83. The molecule has 3 rings (SSSR count). The highest BCUT2D eigenvalue weighted by Crippen LogP contribution is 2.21. The first-order valence-corrected chi connectivity index (χ1v) is 5.03. The molecule has 0 bridgehead atoms. The third kappa shape index (κ3) is 1.16. The van der Waals surface area contributed by atoms with E-state index in [-0.39, 0.29) is 5.56 Å². The third-order valence-corrected chi connectivity index (χ3v) is 2.79. The molecule has 0 radical (unpaired) electrons. The fourth-order valence-corrected chi connectivity index (χ4v) is 2.01. The van der Waals surface area contributed by atoms with Gasteiger partial charge in [0.2, 0.25) is 0 Å². The number of rotatable bonds is 0. The molecule has 2 heterocycles. The van der Waals surface area contributed by atoms with Crippen LogP contribution in [0.5, 0.6) is 5.88 Å². The molecular weight excluding hydrogens is 190 g/mol. The van der Waals surface area contributed by atoms with E-state index in [1.165, 1.54) is 0 Å². The maximum atomic E-state index is 12.1. The molecule has 0 N–H and O–H groups in total. The van der Waals surface area contributed by atoms with Gasteiger partial charge in [-0.25, -0.2) is 0 Å². The first kappa shape index (κ1) is 8.53. The van der Waals surface area contributed by atoms with E-state index in [0.717, 1.165) is 16.3 Å². The van der Waals surface area contributed by atoms with Gasteiger partial charge >= 0.3 is 0 Å². The van der Waals surface area contributed by atoms with Crippen molar-refractivity contribution in [3.05, 3.63) is 40.2 Å². The Bertz CT molecular complexity index is 598. The minimum absolute atomic E-state index is 0.0590. The lowest BCUT2D eigenvalue weighted by molar-refractivity contribution is 0.357. The summed E-state index contributed by atoms with van der Waals surface area (Å²) in [5, 5.41) is 1.74. The SMILES string of the molecule is Cc1ccc2cc3n(c(=O)c2c1)CCO3. The smallest absolute Gasteiger partial charge is 0.261 e. The predicted molar refractivity (Wildman–Crippen MR) is 58.4 cm³/mol. The summed E-state index contributed by atoms with van der Waals surface area (Å²) in [6.45, 7) is 3.26. The van der Waals surface area contributed by atoms with Crippen molar-refractivity contribution in [1.82, 2.24) is 4.57 Å². The summed E-state index contributed by atoms with van der Waals surface area (Å²) in [6, 6.07) is 7.84. The Balaban J connectivity index is 2.47. The zero-order valence-electron chi connectivity index (χ0n) is 8.49. The number of hydrogen-bond donors (Lipinski definition) is 0. The van der Waals surface area contributed by atoms with Crippen LogP contribution in [0.1, 0.15) is 5.56 Å². The molecule has 0 unspecified atom stereocenters. The van der Waals surface area contributed by atoms with Gasteiger partial charge in [-0.2, -0.15) is 0 Å². The Labute approximate surface area is 86.9 Å². The van der Waals surface area contributed by atoms with Crippen LogP contribution in [0.25, 0.3) is 10.8 Å². The molecule has 1 aliphatic heterocycles. The van der Waals surface area contributed by atoms with Crippen molar-refractivity contribution in [1.29, 1.82) is 0 Å². The number of aromatic nitrogens is 1. The van der Waals surface area contributed by atoms with E-state index in [0.29, 0.717) is 19.0 Å². The van der Waals surface area contributed by atoms with Crippen molar-refractivity contribution in [2.45, 2.75) is 13.5 Å². The minimum Gasteiger partial charge on any atom is -0.477 e. The number of fused-ring (bicyclic) bond motifs is 2. The van der Waals surface area contributed by atoms with Gasteiger partial charge in [-0.05, 0) is 18.4 Å². The van der Waals surface area contributed by atoms with Crippen LogP contribution >= 0.6 is 0 Å². The highest BCUT2D eigenvalue weighted by atomic mass is 16.5. The molecule has 0 fully saturated rings. The van der Waals surface area contributed by atoms with Crippen molar-refractivity contribution >= 4 is 10.8 Å². The van der Waals surface area contributed by atoms with Crippen LogP contribution in [-0.2, 0) is 6.54 Å². The minimum atomic E-state index is 0.0590. The monoisotopic (exact) mass is 201 g/mol. The van der Waals surface area contributed by atoms with Gasteiger partial charge in [0.05, 0.1) is 6.54 Å². The number of hydrogen-bond acceptors (Lipinski definition) is 2. The molecule has 2 aromatic rings. The van der Waals surface area contributed by atoms with Crippen molar-refractivity contribution in [3.63, 3.8) is 0 Å². The molecule has 0 saturated heterocycles. The molecule has 1 aliphatic rings. The van der Waals surface area contributed by atoms with Gasteiger partial charge < -0.3 is 4.74 Å². The number of benzene rings is 1. The Hall–Kier alpha value is -1.77. The first-order chi connectivity index (χ1) is 7.25. The molecular formula is C12H11NO2. The van der Waals surface area contributed by atoms with Crippen LogP contribution < -0.4 is 10.3 Å². The second-order valence-electron chi connectivity index (χ2n) is 3.88. The van der Waals surface area contributed by atoms with Gasteiger partial charge in [0.15, 0.2) is 5.88 Å². The average molecular weight is 201 g/mol. The van der Waals surface area contributed by atoms with Gasteiger partial charge in [0.1, 0.15) is 6.61 Å². The highest BCUT2D eigenvalue weighted by Gasteiger charge is 2.14. The molecule has 0 saturated carbocycles. The Morgan fingerprint density at radius 3 is 3.07 bits per heavy atom. The first-order valence-electron chi connectivity index (χ1n) is 5.03. The van der Waals surface area contributed by atoms with Crippen LogP contribution in [0.15, 0.2) is 29.1 Å². The zero-order chi connectivity index (χ0) is 10.4. The molecule has 0 amide bonds. The lowest BCUT2D eigenvalue weighted by Gasteiger charge is -2.04. The summed E-state index contributed by atoms with van der Waals surface area (Å²) >= 11 is 0. The second-order valence-corrected chi connectivity index (χ2v) is 3.88.